The first kappa shape index (κ1) is 15.9. The molecule has 0 fully saturated rings. The Morgan fingerprint density at radius 1 is 1.45 bits per heavy atom. The molecule has 112 valence electrons. The molecule has 0 aliphatic rings. The number of hydrogen-bond donors (Lipinski definition) is 1. The van der Waals surface area contributed by atoms with Gasteiger partial charge in [-0.2, -0.15) is 0 Å². The number of nitrogens with zero attached hydrogens (tertiary/aromatic N) is 1. The molecule has 20 heavy (non-hydrogen) atoms. The van der Waals surface area contributed by atoms with E-state index in [1.54, 1.807) is 6.92 Å². The minimum Gasteiger partial charge on any atom is -0.503 e. The summed E-state index contributed by atoms with van der Waals surface area (Å²) in [6, 6.07) is 0. The van der Waals surface area contributed by atoms with E-state index in [1.807, 2.05) is 0 Å². The molecule has 0 saturated heterocycles. The van der Waals surface area contributed by atoms with Crippen LogP contribution < -0.4 is 9.47 Å². The Hall–Kier alpha value is -2.19. The highest BCUT2D eigenvalue weighted by Gasteiger charge is 2.34. The van der Waals surface area contributed by atoms with Gasteiger partial charge in [0.05, 0.1) is 32.0 Å². The lowest BCUT2D eigenvalue weighted by Gasteiger charge is -2.14. The maximum Gasteiger partial charge on any atom is 0.573 e. The molecular weight excluding hydrogens is 283 g/mol. The monoisotopic (exact) mass is 295 g/mol. The second kappa shape index (κ2) is 6.31. The van der Waals surface area contributed by atoms with Crippen molar-refractivity contribution < 1.29 is 37.3 Å². The number of aromatic hydroxyl groups is 1. The van der Waals surface area contributed by atoms with Gasteiger partial charge in [-0.15, -0.1) is 13.2 Å². The number of aromatic nitrogens is 1. The summed E-state index contributed by atoms with van der Waals surface area (Å²) < 4.78 is 49.3. The summed E-state index contributed by atoms with van der Waals surface area (Å²) in [6.07, 6.45) is -4.65. The number of methoxy groups -OCH3 is 1. The molecule has 0 unspecified atom stereocenters. The van der Waals surface area contributed by atoms with E-state index in [0.717, 1.165) is 7.11 Å². The van der Waals surface area contributed by atoms with Crippen LogP contribution in [0.1, 0.15) is 12.6 Å². The molecule has 0 atom stereocenters. The van der Waals surface area contributed by atoms with Gasteiger partial charge in [-0.25, -0.2) is 0 Å². The predicted octanol–water partition coefficient (Wildman–Crippen LogP) is 1.80. The van der Waals surface area contributed by atoms with Crippen LogP contribution in [0, 0.1) is 0 Å². The molecule has 1 aromatic heterocycles. The maximum atomic E-state index is 12.1. The van der Waals surface area contributed by atoms with Gasteiger partial charge in [0.25, 0.3) is 0 Å². The summed E-state index contributed by atoms with van der Waals surface area (Å²) in [4.78, 5) is 14.8. The van der Waals surface area contributed by atoms with Gasteiger partial charge in [0.15, 0.2) is 11.5 Å². The number of halogens is 3. The first-order valence-corrected chi connectivity index (χ1v) is 5.44. The molecule has 1 aromatic rings. The average Bonchev–Trinajstić information content (AvgIpc) is 2.31. The van der Waals surface area contributed by atoms with Crippen LogP contribution in [0.5, 0.6) is 17.2 Å². The molecule has 0 saturated carbocycles. The minimum absolute atomic E-state index is 0.131. The lowest BCUT2D eigenvalue weighted by molar-refractivity contribution is -0.275. The molecule has 0 aromatic carbocycles. The van der Waals surface area contributed by atoms with E-state index < -0.39 is 36.0 Å². The van der Waals surface area contributed by atoms with Crippen molar-refractivity contribution in [2.24, 2.45) is 0 Å². The third-order valence-electron chi connectivity index (χ3n) is 2.10. The van der Waals surface area contributed by atoms with Crippen LogP contribution in [0.2, 0.25) is 0 Å². The molecule has 1 rings (SSSR count). The van der Waals surface area contributed by atoms with Gasteiger partial charge in [0, 0.05) is 0 Å². The number of alkyl halides is 3. The quantitative estimate of drug-likeness (QED) is 0.835. The van der Waals surface area contributed by atoms with Crippen LogP contribution in [0.25, 0.3) is 0 Å². The maximum absolute atomic E-state index is 12.1. The van der Waals surface area contributed by atoms with Crippen molar-refractivity contribution in [1.82, 2.24) is 4.98 Å². The molecule has 1 heterocycles. The number of ether oxygens (including phenoxy) is 3. The number of carbonyl (C=O) groups is 1. The van der Waals surface area contributed by atoms with Crippen LogP contribution in [-0.4, -0.2) is 36.1 Å². The summed E-state index contributed by atoms with van der Waals surface area (Å²) >= 11 is 0. The highest BCUT2D eigenvalue weighted by Crippen LogP contribution is 2.40. The molecule has 9 heteroatoms. The zero-order valence-electron chi connectivity index (χ0n) is 10.7. The van der Waals surface area contributed by atoms with Crippen molar-refractivity contribution in [2.45, 2.75) is 19.7 Å². The molecule has 6 nitrogen and oxygen atoms in total. The van der Waals surface area contributed by atoms with Crippen LogP contribution in [0.3, 0.4) is 0 Å². The molecule has 0 aliphatic carbocycles. The highest BCUT2D eigenvalue weighted by atomic mass is 19.4. The van der Waals surface area contributed by atoms with Crippen LogP contribution in [0.15, 0.2) is 6.20 Å². The van der Waals surface area contributed by atoms with Crippen molar-refractivity contribution >= 4 is 5.97 Å². The zero-order chi connectivity index (χ0) is 15.3. The summed E-state index contributed by atoms with van der Waals surface area (Å²) in [7, 11) is 1.05. The van der Waals surface area contributed by atoms with Gasteiger partial charge in [-0.1, -0.05) is 0 Å². The molecule has 0 spiro atoms. The summed E-state index contributed by atoms with van der Waals surface area (Å²) in [5, 5.41) is 9.74. The van der Waals surface area contributed by atoms with E-state index in [0.29, 0.717) is 6.20 Å². The molecular formula is C11H12F3NO5. The Labute approximate surface area is 112 Å². The Morgan fingerprint density at radius 2 is 2.10 bits per heavy atom. The molecule has 0 radical (unpaired) electrons. The Morgan fingerprint density at radius 3 is 2.60 bits per heavy atom. The van der Waals surface area contributed by atoms with Gasteiger partial charge in [0.1, 0.15) is 0 Å². The second-order valence-corrected chi connectivity index (χ2v) is 3.48. The lowest BCUT2D eigenvalue weighted by atomic mass is 10.2. The summed E-state index contributed by atoms with van der Waals surface area (Å²) in [5.74, 6) is -2.74. The van der Waals surface area contributed by atoms with Crippen molar-refractivity contribution in [3.8, 4) is 17.2 Å². The number of pyridine rings is 1. The van der Waals surface area contributed by atoms with Gasteiger partial charge < -0.3 is 19.3 Å². The topological polar surface area (TPSA) is 77.9 Å². The number of carbonyl (C=O) groups excluding carboxylic acids is 1. The Kier molecular flexibility index (Phi) is 5.00. The summed E-state index contributed by atoms with van der Waals surface area (Å²) in [6.45, 7) is 1.72. The molecule has 1 N–H and O–H groups in total. The molecule has 0 aliphatic heterocycles. The summed E-state index contributed by atoms with van der Waals surface area (Å²) in [5.41, 5.74) is -0.171. The minimum atomic E-state index is -4.95. The lowest BCUT2D eigenvalue weighted by Crippen LogP contribution is -2.18. The number of esters is 1. The van der Waals surface area contributed by atoms with E-state index in [4.69, 9.17) is 0 Å². The SMILES string of the molecule is CCOC(=O)Cc1ncc(OC(F)(F)F)c(OC)c1O. The van der Waals surface area contributed by atoms with E-state index >= 15 is 0 Å². The van der Waals surface area contributed by atoms with Crippen LogP contribution in [-0.2, 0) is 16.0 Å². The fourth-order valence-corrected chi connectivity index (χ4v) is 1.38. The smallest absolute Gasteiger partial charge is 0.503 e. The van der Waals surface area contributed by atoms with Gasteiger partial charge in [-0.3, -0.25) is 9.78 Å². The van der Waals surface area contributed by atoms with Gasteiger partial charge in [0.2, 0.25) is 5.75 Å². The first-order chi connectivity index (χ1) is 9.28. The van der Waals surface area contributed by atoms with Gasteiger partial charge >= 0.3 is 12.3 Å². The average molecular weight is 295 g/mol. The fraction of sp³-hybridized carbons (Fsp3) is 0.455. The van der Waals surface area contributed by atoms with Crippen LogP contribution in [0.4, 0.5) is 13.2 Å². The van der Waals surface area contributed by atoms with E-state index in [1.165, 1.54) is 0 Å². The number of hydrogen-bond acceptors (Lipinski definition) is 6. The van der Waals surface area contributed by atoms with E-state index in [2.05, 4.69) is 19.2 Å². The standard InChI is InChI=1S/C11H12F3NO5/c1-3-19-8(16)4-6-9(17)10(18-2)7(5-15-6)20-11(12,13)14/h5,17H,3-4H2,1-2H3. The zero-order valence-corrected chi connectivity index (χ0v) is 10.7. The van der Waals surface area contributed by atoms with Crippen molar-refractivity contribution in [1.29, 1.82) is 0 Å². The first-order valence-electron chi connectivity index (χ1n) is 5.44. The molecule has 0 bridgehead atoms. The van der Waals surface area contributed by atoms with Crippen molar-refractivity contribution in [3.05, 3.63) is 11.9 Å². The third kappa shape index (κ3) is 4.18. The second-order valence-electron chi connectivity index (χ2n) is 3.48. The van der Waals surface area contributed by atoms with Crippen molar-refractivity contribution in [3.63, 3.8) is 0 Å². The van der Waals surface area contributed by atoms with Gasteiger partial charge in [-0.05, 0) is 6.92 Å². The largest absolute Gasteiger partial charge is 0.573 e. The van der Waals surface area contributed by atoms with E-state index in [9.17, 15) is 23.1 Å². The normalized spacial score (nSPS) is 11.1. The Bertz CT molecular complexity index is 490. The third-order valence-corrected chi connectivity index (χ3v) is 2.10. The number of rotatable bonds is 5. The highest BCUT2D eigenvalue weighted by molar-refractivity contribution is 5.73. The predicted molar refractivity (Wildman–Crippen MR) is 59.5 cm³/mol. The Balaban J connectivity index is 3.05. The van der Waals surface area contributed by atoms with E-state index in [-0.39, 0.29) is 12.3 Å². The van der Waals surface area contributed by atoms with Crippen LogP contribution >= 0.6 is 0 Å². The fourth-order valence-electron chi connectivity index (χ4n) is 1.38. The van der Waals surface area contributed by atoms with Crippen molar-refractivity contribution in [2.75, 3.05) is 13.7 Å². The molecule has 0 amide bonds.